The van der Waals surface area contributed by atoms with Gasteiger partial charge in [-0.05, 0) is 63.1 Å². The fourth-order valence-electron chi connectivity index (χ4n) is 2.05. The van der Waals surface area contributed by atoms with Crippen LogP contribution in [0, 0.1) is 12.7 Å². The summed E-state index contributed by atoms with van der Waals surface area (Å²) in [4.78, 5) is 0. The summed E-state index contributed by atoms with van der Waals surface area (Å²) < 4.78 is 15.7. The van der Waals surface area contributed by atoms with Crippen molar-refractivity contribution >= 4 is 21.6 Å². The maximum absolute atomic E-state index is 13.5. The number of tetrazole rings is 1. The Balaban J connectivity index is 2.22. The van der Waals surface area contributed by atoms with Gasteiger partial charge in [-0.3, -0.25) is 0 Å². The first-order chi connectivity index (χ1) is 10.1. The lowest BCUT2D eigenvalue weighted by molar-refractivity contribution is 0.624. The molecule has 5 nitrogen and oxygen atoms in total. The van der Waals surface area contributed by atoms with Gasteiger partial charge in [-0.1, -0.05) is 12.1 Å². The highest BCUT2D eigenvalue weighted by molar-refractivity contribution is 9.10. The van der Waals surface area contributed by atoms with E-state index in [1.165, 1.54) is 16.8 Å². The third-order valence-corrected chi connectivity index (χ3v) is 4.02. The van der Waals surface area contributed by atoms with Crippen molar-refractivity contribution in [2.75, 3.05) is 5.73 Å². The second kappa shape index (κ2) is 5.25. The number of rotatable bonds is 2. The zero-order valence-electron chi connectivity index (χ0n) is 11.1. The number of anilines is 1. The first kappa shape index (κ1) is 13.7. The summed E-state index contributed by atoms with van der Waals surface area (Å²) in [5.74, 6) is 0.145. The van der Waals surface area contributed by atoms with Gasteiger partial charge in [0.05, 0.1) is 10.2 Å². The van der Waals surface area contributed by atoms with Gasteiger partial charge in [-0.2, -0.15) is 4.68 Å². The molecule has 0 saturated heterocycles. The average Bonchev–Trinajstić information content (AvgIpc) is 2.93. The highest BCUT2D eigenvalue weighted by atomic mass is 79.9. The molecule has 1 heterocycles. The van der Waals surface area contributed by atoms with Crippen molar-refractivity contribution in [3.05, 3.63) is 52.3 Å². The smallest absolute Gasteiger partial charge is 0.188 e. The van der Waals surface area contributed by atoms with Gasteiger partial charge in [0.25, 0.3) is 0 Å². The van der Waals surface area contributed by atoms with E-state index in [0.717, 1.165) is 11.1 Å². The molecule has 0 spiro atoms. The maximum Gasteiger partial charge on any atom is 0.188 e. The first-order valence-corrected chi connectivity index (χ1v) is 6.96. The average molecular weight is 348 g/mol. The van der Waals surface area contributed by atoms with Crippen molar-refractivity contribution < 1.29 is 4.39 Å². The normalized spacial score (nSPS) is 10.8. The molecule has 7 heteroatoms. The second-order valence-corrected chi connectivity index (χ2v) is 5.35. The molecule has 0 aliphatic heterocycles. The monoisotopic (exact) mass is 347 g/mol. The molecule has 3 aromatic rings. The lowest BCUT2D eigenvalue weighted by Gasteiger charge is -2.10. The van der Waals surface area contributed by atoms with E-state index >= 15 is 0 Å². The molecule has 21 heavy (non-hydrogen) atoms. The largest absolute Gasteiger partial charge is 0.398 e. The van der Waals surface area contributed by atoms with E-state index < -0.39 is 0 Å². The molecule has 0 aliphatic carbocycles. The standard InChI is InChI=1S/C14H11BrFN5/c1-8-5-6-9(16)7-12(8)21-14(18-19-20-21)10-3-2-4-11(17)13(10)15/h2-7H,17H2,1H3. The van der Waals surface area contributed by atoms with Crippen LogP contribution in [-0.4, -0.2) is 20.2 Å². The van der Waals surface area contributed by atoms with Gasteiger partial charge in [0, 0.05) is 11.3 Å². The SMILES string of the molecule is Cc1ccc(F)cc1-n1nnnc1-c1cccc(N)c1Br. The Labute approximate surface area is 128 Å². The van der Waals surface area contributed by atoms with Gasteiger partial charge in [0.15, 0.2) is 5.82 Å². The fraction of sp³-hybridized carbons (Fsp3) is 0.0714. The number of hydrogen-bond donors (Lipinski definition) is 1. The quantitative estimate of drug-likeness (QED) is 0.723. The van der Waals surface area contributed by atoms with Crippen LogP contribution in [0.15, 0.2) is 40.9 Å². The van der Waals surface area contributed by atoms with E-state index in [2.05, 4.69) is 31.5 Å². The number of aryl methyl sites for hydroxylation is 1. The Morgan fingerprint density at radius 1 is 1.24 bits per heavy atom. The van der Waals surface area contributed by atoms with Crippen molar-refractivity contribution in [3.63, 3.8) is 0 Å². The van der Waals surface area contributed by atoms with Crippen LogP contribution in [0.4, 0.5) is 10.1 Å². The zero-order valence-corrected chi connectivity index (χ0v) is 12.7. The maximum atomic E-state index is 13.5. The predicted octanol–water partition coefficient (Wildman–Crippen LogP) is 3.12. The van der Waals surface area contributed by atoms with Crippen LogP contribution in [-0.2, 0) is 0 Å². The second-order valence-electron chi connectivity index (χ2n) is 4.55. The van der Waals surface area contributed by atoms with E-state index in [9.17, 15) is 4.39 Å². The van der Waals surface area contributed by atoms with Crippen molar-refractivity contribution in [2.24, 2.45) is 0 Å². The van der Waals surface area contributed by atoms with Crippen molar-refractivity contribution in [2.45, 2.75) is 6.92 Å². The van der Waals surface area contributed by atoms with Crippen LogP contribution >= 0.6 is 15.9 Å². The molecule has 0 bridgehead atoms. The molecule has 1 aromatic heterocycles. The molecule has 0 unspecified atom stereocenters. The fourth-order valence-corrected chi connectivity index (χ4v) is 2.49. The number of nitrogens with zero attached hydrogens (tertiary/aromatic N) is 4. The van der Waals surface area contributed by atoms with Crippen LogP contribution in [0.3, 0.4) is 0 Å². The zero-order chi connectivity index (χ0) is 15.0. The lowest BCUT2D eigenvalue weighted by Crippen LogP contribution is -2.03. The third-order valence-electron chi connectivity index (χ3n) is 3.14. The molecule has 2 N–H and O–H groups in total. The highest BCUT2D eigenvalue weighted by Gasteiger charge is 2.16. The Kier molecular flexibility index (Phi) is 3.42. The molecule has 106 valence electrons. The molecule has 3 rings (SSSR count). The third kappa shape index (κ3) is 2.40. The topological polar surface area (TPSA) is 69.6 Å². The van der Waals surface area contributed by atoms with Crippen LogP contribution in [0.2, 0.25) is 0 Å². The van der Waals surface area contributed by atoms with E-state index in [0.29, 0.717) is 21.7 Å². The van der Waals surface area contributed by atoms with Gasteiger partial charge >= 0.3 is 0 Å². The van der Waals surface area contributed by atoms with E-state index in [4.69, 9.17) is 5.73 Å². The summed E-state index contributed by atoms with van der Waals surface area (Å²) in [6.45, 7) is 1.87. The summed E-state index contributed by atoms with van der Waals surface area (Å²) >= 11 is 3.43. The van der Waals surface area contributed by atoms with Gasteiger partial charge in [-0.15, -0.1) is 5.10 Å². The molecular weight excluding hydrogens is 337 g/mol. The Hall–Kier alpha value is -2.28. The minimum Gasteiger partial charge on any atom is -0.398 e. The van der Waals surface area contributed by atoms with E-state index in [1.807, 2.05) is 19.1 Å². The van der Waals surface area contributed by atoms with Gasteiger partial charge in [0.1, 0.15) is 5.82 Å². The molecular formula is C14H11BrFN5. The lowest BCUT2D eigenvalue weighted by atomic mass is 10.1. The molecule has 0 amide bonds. The summed E-state index contributed by atoms with van der Waals surface area (Å²) in [5, 5.41) is 11.7. The van der Waals surface area contributed by atoms with Crippen molar-refractivity contribution in [1.82, 2.24) is 20.2 Å². The summed E-state index contributed by atoms with van der Waals surface area (Å²) in [6.07, 6.45) is 0. The number of halogens is 2. The van der Waals surface area contributed by atoms with Crippen LogP contribution < -0.4 is 5.73 Å². The van der Waals surface area contributed by atoms with Crippen LogP contribution in [0.5, 0.6) is 0 Å². The van der Waals surface area contributed by atoms with Crippen molar-refractivity contribution in [3.8, 4) is 17.1 Å². The van der Waals surface area contributed by atoms with Gasteiger partial charge in [-0.25, -0.2) is 4.39 Å². The number of hydrogen-bond acceptors (Lipinski definition) is 4. The molecule has 0 atom stereocenters. The predicted molar refractivity (Wildman–Crippen MR) is 81.4 cm³/mol. The first-order valence-electron chi connectivity index (χ1n) is 6.17. The van der Waals surface area contributed by atoms with Crippen molar-refractivity contribution in [1.29, 1.82) is 0 Å². The minimum absolute atomic E-state index is 0.344. The molecule has 0 radical (unpaired) electrons. The van der Waals surface area contributed by atoms with Gasteiger partial charge < -0.3 is 5.73 Å². The van der Waals surface area contributed by atoms with Crippen LogP contribution in [0.25, 0.3) is 17.1 Å². The Morgan fingerprint density at radius 2 is 2.05 bits per heavy atom. The summed E-state index contributed by atoms with van der Waals surface area (Å²) in [6, 6.07) is 9.92. The molecule has 0 fully saturated rings. The number of benzene rings is 2. The number of nitrogens with two attached hydrogens (primary N) is 1. The number of aromatic nitrogens is 4. The summed E-state index contributed by atoms with van der Waals surface area (Å²) in [5.41, 5.74) is 8.66. The van der Waals surface area contributed by atoms with Crippen LogP contribution in [0.1, 0.15) is 5.56 Å². The highest BCUT2D eigenvalue weighted by Crippen LogP contribution is 2.32. The Bertz CT molecular complexity index is 798. The minimum atomic E-state index is -0.344. The van der Waals surface area contributed by atoms with E-state index in [-0.39, 0.29) is 5.82 Å². The number of nitrogen functional groups attached to an aromatic ring is 1. The molecule has 2 aromatic carbocycles. The summed E-state index contributed by atoms with van der Waals surface area (Å²) in [7, 11) is 0. The van der Waals surface area contributed by atoms with Gasteiger partial charge in [0.2, 0.25) is 0 Å². The molecule has 0 aliphatic rings. The Morgan fingerprint density at radius 3 is 2.86 bits per heavy atom. The van der Waals surface area contributed by atoms with E-state index in [1.54, 1.807) is 12.1 Å². The molecule has 0 saturated carbocycles.